The summed E-state index contributed by atoms with van der Waals surface area (Å²) in [6.45, 7) is 2.47. The van der Waals surface area contributed by atoms with Crippen LogP contribution in [0.1, 0.15) is 18.4 Å². The summed E-state index contributed by atoms with van der Waals surface area (Å²) < 4.78 is 5.68. The van der Waals surface area contributed by atoms with Crippen molar-refractivity contribution in [3.63, 3.8) is 0 Å². The Hall–Kier alpha value is -0.770. The summed E-state index contributed by atoms with van der Waals surface area (Å²) >= 11 is 6.04. The van der Waals surface area contributed by atoms with Crippen LogP contribution in [0.25, 0.3) is 0 Å². The van der Waals surface area contributed by atoms with Gasteiger partial charge < -0.3 is 15.4 Å². The highest BCUT2D eigenvalue weighted by Crippen LogP contribution is 2.25. The molecule has 4 heteroatoms. The molecule has 1 aliphatic heterocycles. The molecule has 0 bridgehead atoms. The number of hydrogen-bond acceptors (Lipinski definition) is 3. The molecule has 1 saturated heterocycles. The molecule has 1 aromatic carbocycles. The van der Waals surface area contributed by atoms with Gasteiger partial charge in [0.1, 0.15) is 0 Å². The van der Waals surface area contributed by atoms with E-state index >= 15 is 0 Å². The number of anilines is 1. The maximum atomic E-state index is 6.04. The van der Waals surface area contributed by atoms with Gasteiger partial charge in [-0.05, 0) is 49.6 Å². The van der Waals surface area contributed by atoms with E-state index in [1.165, 1.54) is 17.7 Å². The number of rotatable bonds is 5. The van der Waals surface area contributed by atoms with Crippen LogP contribution in [0, 0.1) is 0 Å². The van der Waals surface area contributed by atoms with Crippen LogP contribution in [0.5, 0.6) is 0 Å². The number of benzene rings is 1. The number of hydrogen-bond donors (Lipinski definition) is 1. The minimum atomic E-state index is 0.358. The molecule has 1 heterocycles. The number of nitrogens with zero attached hydrogens (tertiary/aromatic N) is 1. The molecule has 3 nitrogen and oxygen atoms in total. The molecule has 1 unspecified atom stereocenters. The number of halogens is 1. The maximum absolute atomic E-state index is 6.04. The van der Waals surface area contributed by atoms with E-state index in [4.69, 9.17) is 22.1 Å². The van der Waals surface area contributed by atoms with E-state index < -0.39 is 0 Å². The average molecular weight is 269 g/mol. The number of likely N-dealkylation sites (N-methyl/N-ethyl adjacent to an activating group) is 1. The average Bonchev–Trinajstić information content (AvgIpc) is 2.82. The van der Waals surface area contributed by atoms with Gasteiger partial charge in [-0.25, -0.2) is 0 Å². The molecular weight excluding hydrogens is 248 g/mol. The lowest BCUT2D eigenvalue weighted by Gasteiger charge is -2.25. The molecule has 1 aliphatic rings. The zero-order chi connectivity index (χ0) is 13.0. The van der Waals surface area contributed by atoms with Crippen molar-refractivity contribution in [1.82, 2.24) is 0 Å². The van der Waals surface area contributed by atoms with Gasteiger partial charge in [-0.3, -0.25) is 0 Å². The van der Waals surface area contributed by atoms with Crippen molar-refractivity contribution in [1.29, 1.82) is 0 Å². The fraction of sp³-hybridized carbons (Fsp3) is 0.571. The lowest BCUT2D eigenvalue weighted by Crippen LogP contribution is -2.29. The van der Waals surface area contributed by atoms with Crippen LogP contribution in [0.3, 0.4) is 0 Å². The van der Waals surface area contributed by atoms with Gasteiger partial charge in [0.25, 0.3) is 0 Å². The molecule has 2 rings (SSSR count). The van der Waals surface area contributed by atoms with Crippen LogP contribution in [-0.4, -0.2) is 32.8 Å². The predicted octanol–water partition coefficient (Wildman–Crippen LogP) is 2.46. The lowest BCUT2D eigenvalue weighted by molar-refractivity contribution is 0.116. The third-order valence-corrected chi connectivity index (χ3v) is 3.60. The number of ether oxygens (including phenoxy) is 1. The van der Waals surface area contributed by atoms with Gasteiger partial charge in [0.05, 0.1) is 6.10 Å². The Labute approximate surface area is 114 Å². The van der Waals surface area contributed by atoms with Gasteiger partial charge in [0.2, 0.25) is 0 Å². The number of nitrogens with two attached hydrogens (primary N) is 1. The Morgan fingerprint density at radius 1 is 1.50 bits per heavy atom. The highest BCUT2D eigenvalue weighted by Gasteiger charge is 2.18. The highest BCUT2D eigenvalue weighted by atomic mass is 35.5. The minimum absolute atomic E-state index is 0.358. The van der Waals surface area contributed by atoms with E-state index in [0.717, 1.165) is 31.0 Å². The molecule has 1 atom stereocenters. The lowest BCUT2D eigenvalue weighted by atomic mass is 10.1. The second-order valence-corrected chi connectivity index (χ2v) is 5.26. The molecule has 0 amide bonds. The molecule has 0 radical (unpaired) electrons. The predicted molar refractivity (Wildman–Crippen MR) is 76.5 cm³/mol. The van der Waals surface area contributed by atoms with Gasteiger partial charge >= 0.3 is 0 Å². The first-order valence-corrected chi connectivity index (χ1v) is 6.89. The Balaban J connectivity index is 2.09. The normalized spacial score (nSPS) is 19.2. The van der Waals surface area contributed by atoms with Crippen molar-refractivity contribution in [3.8, 4) is 0 Å². The third-order valence-electron chi connectivity index (χ3n) is 3.37. The van der Waals surface area contributed by atoms with Crippen molar-refractivity contribution in [2.24, 2.45) is 5.73 Å². The summed E-state index contributed by atoms with van der Waals surface area (Å²) in [5, 5.41) is 0.771. The monoisotopic (exact) mass is 268 g/mol. The molecule has 1 aromatic rings. The van der Waals surface area contributed by atoms with Crippen LogP contribution in [0.4, 0.5) is 5.69 Å². The zero-order valence-corrected chi connectivity index (χ0v) is 11.6. The van der Waals surface area contributed by atoms with E-state index in [9.17, 15) is 0 Å². The largest absolute Gasteiger partial charge is 0.376 e. The van der Waals surface area contributed by atoms with Crippen LogP contribution in [0.15, 0.2) is 18.2 Å². The van der Waals surface area contributed by atoms with Crippen molar-refractivity contribution in [2.75, 3.05) is 31.6 Å². The van der Waals surface area contributed by atoms with Crippen molar-refractivity contribution in [3.05, 3.63) is 28.8 Å². The SMILES string of the molecule is CN(CC1CCCO1)c1ccc(Cl)cc1CCN. The highest BCUT2D eigenvalue weighted by molar-refractivity contribution is 6.30. The van der Waals surface area contributed by atoms with E-state index in [0.29, 0.717) is 12.6 Å². The Morgan fingerprint density at radius 2 is 2.33 bits per heavy atom. The molecule has 0 aromatic heterocycles. The molecule has 100 valence electrons. The Kier molecular flexibility index (Phi) is 4.87. The second-order valence-electron chi connectivity index (χ2n) is 4.83. The summed E-state index contributed by atoms with van der Waals surface area (Å²) in [7, 11) is 2.10. The molecule has 0 saturated carbocycles. The first kappa shape index (κ1) is 13.7. The third kappa shape index (κ3) is 3.37. The summed E-state index contributed by atoms with van der Waals surface area (Å²) in [6, 6.07) is 6.01. The quantitative estimate of drug-likeness (QED) is 0.892. The first-order valence-electron chi connectivity index (χ1n) is 6.52. The molecule has 1 fully saturated rings. The topological polar surface area (TPSA) is 38.5 Å². The van der Waals surface area contributed by atoms with Crippen molar-refractivity contribution < 1.29 is 4.74 Å². The molecule has 2 N–H and O–H groups in total. The zero-order valence-electron chi connectivity index (χ0n) is 10.9. The fourth-order valence-electron chi connectivity index (χ4n) is 2.47. The maximum Gasteiger partial charge on any atom is 0.0750 e. The Morgan fingerprint density at radius 3 is 3.00 bits per heavy atom. The van der Waals surface area contributed by atoms with E-state index in [1.54, 1.807) is 0 Å². The van der Waals surface area contributed by atoms with Gasteiger partial charge in [-0.15, -0.1) is 0 Å². The van der Waals surface area contributed by atoms with Gasteiger partial charge in [0, 0.05) is 30.9 Å². The molecule has 18 heavy (non-hydrogen) atoms. The summed E-state index contributed by atoms with van der Waals surface area (Å²) in [6.07, 6.45) is 3.54. The first-order chi connectivity index (χ1) is 8.70. The van der Waals surface area contributed by atoms with E-state index in [1.807, 2.05) is 12.1 Å². The van der Waals surface area contributed by atoms with Gasteiger partial charge in [-0.2, -0.15) is 0 Å². The fourth-order valence-corrected chi connectivity index (χ4v) is 2.67. The van der Waals surface area contributed by atoms with Crippen LogP contribution in [-0.2, 0) is 11.2 Å². The van der Waals surface area contributed by atoms with Crippen LogP contribution < -0.4 is 10.6 Å². The smallest absolute Gasteiger partial charge is 0.0750 e. The summed E-state index contributed by atoms with van der Waals surface area (Å²) in [5.74, 6) is 0. The van der Waals surface area contributed by atoms with Crippen molar-refractivity contribution in [2.45, 2.75) is 25.4 Å². The van der Waals surface area contributed by atoms with E-state index in [2.05, 4.69) is 18.0 Å². The standard InChI is InChI=1S/C14H21ClN2O/c1-17(10-13-3-2-8-18-13)14-5-4-12(15)9-11(14)6-7-16/h4-5,9,13H,2-3,6-8,10,16H2,1H3. The second kappa shape index (κ2) is 6.41. The van der Waals surface area contributed by atoms with Crippen molar-refractivity contribution >= 4 is 17.3 Å². The molecule has 0 spiro atoms. The molecular formula is C14H21ClN2O. The minimum Gasteiger partial charge on any atom is -0.376 e. The van der Waals surface area contributed by atoms with Gasteiger partial charge in [-0.1, -0.05) is 11.6 Å². The summed E-state index contributed by atoms with van der Waals surface area (Å²) in [4.78, 5) is 2.25. The van der Waals surface area contributed by atoms with Crippen LogP contribution >= 0.6 is 11.6 Å². The van der Waals surface area contributed by atoms with Crippen LogP contribution in [0.2, 0.25) is 5.02 Å². The van der Waals surface area contributed by atoms with E-state index in [-0.39, 0.29) is 0 Å². The molecule has 0 aliphatic carbocycles. The summed E-state index contributed by atoms with van der Waals surface area (Å²) in [5.41, 5.74) is 8.08. The Bertz CT molecular complexity index is 391. The van der Waals surface area contributed by atoms with Gasteiger partial charge in [0.15, 0.2) is 0 Å².